The molecule has 3 aliphatic rings. The SMILES string of the molecule is O=C(CNC(=O)[C@@H]1CCCN1C(=O)[C@@H]1CCCN1C(=O)OCC1c2ccccc2-c2ccccc21)OCc1ccccc1. The third-order valence-electron chi connectivity index (χ3n) is 8.60. The molecule has 2 fully saturated rings. The second kappa shape index (κ2) is 12.7. The van der Waals surface area contributed by atoms with Crippen LogP contribution in [-0.2, 0) is 30.5 Å². The van der Waals surface area contributed by atoms with Crippen LogP contribution in [0.5, 0.6) is 0 Å². The minimum atomic E-state index is -0.695. The molecule has 0 saturated carbocycles. The van der Waals surface area contributed by atoms with E-state index in [1.165, 1.54) is 4.90 Å². The molecule has 9 nitrogen and oxygen atoms in total. The van der Waals surface area contributed by atoms with E-state index in [1.807, 2.05) is 54.6 Å². The van der Waals surface area contributed by atoms with E-state index in [4.69, 9.17) is 9.47 Å². The van der Waals surface area contributed by atoms with E-state index in [9.17, 15) is 19.2 Å². The van der Waals surface area contributed by atoms with Crippen LogP contribution in [0.1, 0.15) is 48.3 Å². The normalized spacial score (nSPS) is 19.1. The highest BCUT2D eigenvalue weighted by molar-refractivity contribution is 5.93. The number of benzene rings is 3. The summed E-state index contributed by atoms with van der Waals surface area (Å²) in [6.45, 7) is 0.866. The molecule has 2 saturated heterocycles. The number of ether oxygens (including phenoxy) is 2. The maximum atomic E-state index is 13.7. The van der Waals surface area contributed by atoms with Crippen LogP contribution in [0.2, 0.25) is 0 Å². The second-order valence-electron chi connectivity index (χ2n) is 11.2. The fraction of sp³-hybridized carbons (Fsp3) is 0.353. The van der Waals surface area contributed by atoms with Crippen molar-refractivity contribution in [2.45, 2.75) is 50.3 Å². The first-order valence-electron chi connectivity index (χ1n) is 14.9. The molecule has 43 heavy (non-hydrogen) atoms. The molecule has 0 spiro atoms. The largest absolute Gasteiger partial charge is 0.460 e. The maximum Gasteiger partial charge on any atom is 0.410 e. The molecule has 3 amide bonds. The van der Waals surface area contributed by atoms with Crippen molar-refractivity contribution in [3.8, 4) is 11.1 Å². The van der Waals surface area contributed by atoms with E-state index in [1.54, 1.807) is 4.90 Å². The number of carbonyl (C=O) groups is 4. The van der Waals surface area contributed by atoms with Gasteiger partial charge in [-0.15, -0.1) is 0 Å². The minimum Gasteiger partial charge on any atom is -0.460 e. The molecular weight excluding hydrogens is 546 g/mol. The van der Waals surface area contributed by atoms with Crippen LogP contribution in [0.25, 0.3) is 11.1 Å². The Balaban J connectivity index is 1.04. The summed E-state index contributed by atoms with van der Waals surface area (Å²) in [6, 6.07) is 24.2. The number of nitrogens with one attached hydrogen (secondary N) is 1. The summed E-state index contributed by atoms with van der Waals surface area (Å²) < 4.78 is 11.1. The fourth-order valence-corrected chi connectivity index (χ4v) is 6.48. The van der Waals surface area contributed by atoms with Gasteiger partial charge in [-0.3, -0.25) is 19.3 Å². The summed E-state index contributed by atoms with van der Waals surface area (Å²) in [5, 5.41) is 2.63. The van der Waals surface area contributed by atoms with Crippen LogP contribution in [-0.4, -0.2) is 72.0 Å². The van der Waals surface area contributed by atoms with Gasteiger partial charge in [0.15, 0.2) is 0 Å². The molecule has 2 heterocycles. The Morgan fingerprint density at radius 2 is 1.33 bits per heavy atom. The van der Waals surface area contributed by atoms with Gasteiger partial charge in [-0.1, -0.05) is 78.9 Å². The second-order valence-corrected chi connectivity index (χ2v) is 11.2. The number of hydrogen-bond acceptors (Lipinski definition) is 6. The van der Waals surface area contributed by atoms with Gasteiger partial charge in [0.05, 0.1) is 0 Å². The van der Waals surface area contributed by atoms with Crippen molar-refractivity contribution in [3.63, 3.8) is 0 Å². The lowest BCUT2D eigenvalue weighted by atomic mass is 9.98. The molecule has 222 valence electrons. The predicted molar refractivity (Wildman–Crippen MR) is 159 cm³/mol. The topological polar surface area (TPSA) is 105 Å². The Labute approximate surface area is 250 Å². The smallest absolute Gasteiger partial charge is 0.410 e. The molecule has 2 aliphatic heterocycles. The van der Waals surface area contributed by atoms with Gasteiger partial charge in [-0.05, 0) is 53.5 Å². The third-order valence-corrected chi connectivity index (χ3v) is 8.60. The van der Waals surface area contributed by atoms with Crippen LogP contribution in [0.4, 0.5) is 4.79 Å². The van der Waals surface area contributed by atoms with E-state index in [0.717, 1.165) is 27.8 Å². The number of fused-ring (bicyclic) bond motifs is 3. The number of nitrogens with zero attached hydrogens (tertiary/aromatic N) is 2. The van der Waals surface area contributed by atoms with Gasteiger partial charge in [0.2, 0.25) is 11.8 Å². The minimum absolute atomic E-state index is 0.0702. The van der Waals surface area contributed by atoms with Crippen molar-refractivity contribution >= 4 is 23.9 Å². The number of rotatable bonds is 8. The molecule has 2 atom stereocenters. The average molecular weight is 582 g/mol. The molecule has 3 aromatic carbocycles. The zero-order chi connectivity index (χ0) is 29.8. The van der Waals surface area contributed by atoms with Gasteiger partial charge >= 0.3 is 12.1 Å². The Bertz CT molecular complexity index is 1460. The zero-order valence-corrected chi connectivity index (χ0v) is 23.9. The van der Waals surface area contributed by atoms with E-state index < -0.39 is 30.1 Å². The monoisotopic (exact) mass is 581 g/mol. The van der Waals surface area contributed by atoms with Crippen molar-refractivity contribution in [2.24, 2.45) is 0 Å². The van der Waals surface area contributed by atoms with E-state index in [-0.39, 0.29) is 31.6 Å². The zero-order valence-electron chi connectivity index (χ0n) is 23.9. The Morgan fingerprint density at radius 1 is 0.721 bits per heavy atom. The van der Waals surface area contributed by atoms with E-state index >= 15 is 0 Å². The van der Waals surface area contributed by atoms with Gasteiger partial charge in [0.25, 0.3) is 0 Å². The maximum absolute atomic E-state index is 13.7. The average Bonchev–Trinajstić information content (AvgIpc) is 3.80. The van der Waals surface area contributed by atoms with Gasteiger partial charge < -0.3 is 19.7 Å². The standard InChI is InChI=1S/C34H35N3O6/c38-31(42-21-23-10-2-1-3-11-23)20-35-32(39)29-16-8-18-36(29)33(40)30-17-9-19-37(30)34(41)43-22-28-26-14-6-4-12-24(26)25-13-5-7-15-27(25)28/h1-7,10-15,28-30H,8-9,16-22H2,(H,35,39)/t29-,30-/m0/s1. The lowest BCUT2D eigenvalue weighted by molar-refractivity contribution is -0.146. The van der Waals surface area contributed by atoms with Crippen LogP contribution in [0.3, 0.4) is 0 Å². The first-order chi connectivity index (χ1) is 21.0. The van der Waals surface area contributed by atoms with Crippen LogP contribution < -0.4 is 5.32 Å². The van der Waals surface area contributed by atoms with Crippen LogP contribution in [0, 0.1) is 0 Å². The van der Waals surface area contributed by atoms with Crippen LogP contribution in [0.15, 0.2) is 78.9 Å². The number of likely N-dealkylation sites (tertiary alicyclic amines) is 2. The summed E-state index contributed by atoms with van der Waals surface area (Å²) in [5.41, 5.74) is 5.40. The molecule has 0 bridgehead atoms. The summed E-state index contributed by atoms with van der Waals surface area (Å²) in [6.07, 6.45) is 1.84. The number of amides is 3. The van der Waals surface area contributed by atoms with Crippen molar-refractivity contribution in [3.05, 3.63) is 95.6 Å². The molecular formula is C34H35N3O6. The van der Waals surface area contributed by atoms with Crippen molar-refractivity contribution in [1.29, 1.82) is 0 Å². The molecule has 6 rings (SSSR count). The summed E-state index contributed by atoms with van der Waals surface area (Å²) in [7, 11) is 0. The summed E-state index contributed by atoms with van der Waals surface area (Å²) in [5.74, 6) is -1.27. The van der Waals surface area contributed by atoms with Crippen molar-refractivity contribution in [1.82, 2.24) is 15.1 Å². The summed E-state index contributed by atoms with van der Waals surface area (Å²) in [4.78, 5) is 55.2. The lowest BCUT2D eigenvalue weighted by Crippen LogP contribution is -2.53. The molecule has 0 aromatic heterocycles. The Morgan fingerprint density at radius 3 is 2.02 bits per heavy atom. The number of carbonyl (C=O) groups excluding carboxylic acids is 4. The predicted octanol–water partition coefficient (Wildman–Crippen LogP) is 4.25. The third kappa shape index (κ3) is 5.98. The molecule has 1 aliphatic carbocycles. The molecule has 3 aromatic rings. The fourth-order valence-electron chi connectivity index (χ4n) is 6.48. The first kappa shape index (κ1) is 28.5. The van der Waals surface area contributed by atoms with Gasteiger partial charge in [-0.2, -0.15) is 0 Å². The van der Waals surface area contributed by atoms with Gasteiger partial charge in [0.1, 0.15) is 31.8 Å². The highest BCUT2D eigenvalue weighted by atomic mass is 16.6. The number of esters is 1. The van der Waals surface area contributed by atoms with E-state index in [0.29, 0.717) is 38.8 Å². The first-order valence-corrected chi connectivity index (χ1v) is 14.9. The van der Waals surface area contributed by atoms with Gasteiger partial charge in [0, 0.05) is 19.0 Å². The van der Waals surface area contributed by atoms with Crippen molar-refractivity contribution in [2.75, 3.05) is 26.2 Å². The molecule has 0 unspecified atom stereocenters. The van der Waals surface area contributed by atoms with E-state index in [2.05, 4.69) is 29.6 Å². The quantitative estimate of drug-likeness (QED) is 0.399. The van der Waals surface area contributed by atoms with Crippen molar-refractivity contribution < 1.29 is 28.7 Å². The number of hydrogen-bond donors (Lipinski definition) is 1. The molecule has 0 radical (unpaired) electrons. The molecule has 9 heteroatoms. The highest BCUT2D eigenvalue weighted by Gasteiger charge is 2.43. The lowest BCUT2D eigenvalue weighted by Gasteiger charge is -2.30. The highest BCUT2D eigenvalue weighted by Crippen LogP contribution is 2.44. The van der Waals surface area contributed by atoms with Crippen LogP contribution >= 0.6 is 0 Å². The Kier molecular flexibility index (Phi) is 8.40. The molecule has 1 N–H and O–H groups in total. The summed E-state index contributed by atoms with van der Waals surface area (Å²) >= 11 is 0. The Hall–Kier alpha value is -4.66. The van der Waals surface area contributed by atoms with Gasteiger partial charge in [-0.25, -0.2) is 4.79 Å².